The van der Waals surface area contributed by atoms with Gasteiger partial charge in [0.15, 0.2) is 0 Å². The van der Waals surface area contributed by atoms with Gasteiger partial charge in [0, 0.05) is 23.0 Å². The number of nitrogens with one attached hydrogen (secondary N) is 1. The molecule has 1 amide bonds. The number of methoxy groups -OCH3 is 1. The van der Waals surface area contributed by atoms with Gasteiger partial charge >= 0.3 is 0 Å². The Morgan fingerprint density at radius 2 is 1.97 bits per heavy atom. The summed E-state index contributed by atoms with van der Waals surface area (Å²) < 4.78 is 11.8. The predicted octanol–water partition coefficient (Wildman–Crippen LogP) is 4.26. The fourth-order valence-electron chi connectivity index (χ4n) is 3.74. The molecule has 33 heavy (non-hydrogen) atoms. The number of aliphatic hydroxyl groups excluding tert-OH is 1. The molecule has 0 aromatic carbocycles. The zero-order valence-electron chi connectivity index (χ0n) is 18.2. The number of pyridine rings is 2. The molecular weight excluding hydrogens is 510 g/mol. The molecule has 3 heterocycles. The van der Waals surface area contributed by atoms with Gasteiger partial charge in [0.05, 0.1) is 31.6 Å². The molecule has 4 rings (SSSR count). The zero-order chi connectivity index (χ0) is 23.4. The van der Waals surface area contributed by atoms with Gasteiger partial charge in [0.1, 0.15) is 10.4 Å². The minimum atomic E-state index is -0.364. The van der Waals surface area contributed by atoms with Gasteiger partial charge in [-0.3, -0.25) is 15.1 Å². The van der Waals surface area contributed by atoms with Gasteiger partial charge in [-0.25, -0.2) is 4.98 Å². The lowest BCUT2D eigenvalue weighted by molar-refractivity contribution is 0.0915. The number of anilines is 1. The van der Waals surface area contributed by atoms with Crippen molar-refractivity contribution in [3.63, 3.8) is 0 Å². The summed E-state index contributed by atoms with van der Waals surface area (Å²) in [6, 6.07) is 3.63. The van der Waals surface area contributed by atoms with Crippen molar-refractivity contribution < 1.29 is 19.4 Å². The first-order valence-corrected chi connectivity index (χ1v) is 12.2. The highest BCUT2D eigenvalue weighted by Crippen LogP contribution is 2.34. The summed E-state index contributed by atoms with van der Waals surface area (Å²) in [6.45, 7) is 2.38. The second-order valence-corrected chi connectivity index (χ2v) is 9.64. The van der Waals surface area contributed by atoms with E-state index in [1.165, 1.54) is 17.5 Å². The van der Waals surface area contributed by atoms with E-state index in [0.717, 1.165) is 31.4 Å². The standard InChI is InChI=1S/C22H24BrN5O4S/c1-12-7-15(16-8-19(23)25-10-18(16)31-2)17(9-24-12)20(30)26-21-27-28-22(33-21)32-11-13-3-5-14(29)6-4-13/h7-10,13-14,29H,3-6,11H2,1-2H3,(H,26,27,30)/t13-,14-. The van der Waals surface area contributed by atoms with Gasteiger partial charge in [0.2, 0.25) is 5.13 Å². The first-order valence-electron chi connectivity index (χ1n) is 10.5. The van der Waals surface area contributed by atoms with E-state index >= 15 is 0 Å². The number of rotatable bonds is 7. The molecule has 0 aliphatic heterocycles. The van der Waals surface area contributed by atoms with Crippen LogP contribution in [-0.4, -0.2) is 51.0 Å². The van der Waals surface area contributed by atoms with E-state index in [1.54, 1.807) is 19.4 Å². The molecule has 2 N–H and O–H groups in total. The van der Waals surface area contributed by atoms with Crippen molar-refractivity contribution in [1.82, 2.24) is 20.2 Å². The van der Waals surface area contributed by atoms with Crippen LogP contribution in [0, 0.1) is 12.8 Å². The van der Waals surface area contributed by atoms with E-state index in [1.807, 2.05) is 13.0 Å². The molecule has 9 nitrogen and oxygen atoms in total. The van der Waals surface area contributed by atoms with E-state index in [-0.39, 0.29) is 12.0 Å². The van der Waals surface area contributed by atoms with Crippen molar-refractivity contribution in [1.29, 1.82) is 0 Å². The molecule has 174 valence electrons. The smallest absolute Gasteiger partial charge is 0.295 e. The Bertz CT molecular complexity index is 1130. The van der Waals surface area contributed by atoms with E-state index in [4.69, 9.17) is 9.47 Å². The van der Waals surface area contributed by atoms with Crippen LogP contribution in [0.15, 0.2) is 29.1 Å². The average molecular weight is 534 g/mol. The Kier molecular flexibility index (Phi) is 7.51. The molecular formula is C22H24BrN5O4S. The molecule has 1 saturated carbocycles. The molecule has 0 saturated heterocycles. The third-order valence-electron chi connectivity index (χ3n) is 5.52. The number of hydrogen-bond acceptors (Lipinski definition) is 9. The van der Waals surface area contributed by atoms with E-state index in [9.17, 15) is 9.90 Å². The van der Waals surface area contributed by atoms with Gasteiger partial charge in [-0.05, 0) is 77.9 Å². The minimum absolute atomic E-state index is 0.195. The summed E-state index contributed by atoms with van der Waals surface area (Å²) in [4.78, 5) is 21.6. The Morgan fingerprint density at radius 3 is 2.73 bits per heavy atom. The molecule has 1 aliphatic rings. The maximum absolute atomic E-state index is 13.1. The van der Waals surface area contributed by atoms with Crippen LogP contribution in [0.3, 0.4) is 0 Å². The summed E-state index contributed by atoms with van der Waals surface area (Å²) in [7, 11) is 1.56. The molecule has 0 bridgehead atoms. The zero-order valence-corrected chi connectivity index (χ0v) is 20.6. The van der Waals surface area contributed by atoms with Crippen molar-refractivity contribution in [2.45, 2.75) is 38.7 Å². The second kappa shape index (κ2) is 10.5. The number of amides is 1. The highest BCUT2D eigenvalue weighted by Gasteiger charge is 2.22. The highest BCUT2D eigenvalue weighted by atomic mass is 79.9. The Morgan fingerprint density at radius 1 is 1.18 bits per heavy atom. The average Bonchev–Trinajstić information content (AvgIpc) is 3.25. The van der Waals surface area contributed by atoms with Crippen LogP contribution in [0.5, 0.6) is 10.9 Å². The fraction of sp³-hybridized carbons (Fsp3) is 0.409. The Labute approximate surface area is 203 Å². The van der Waals surface area contributed by atoms with Crippen LogP contribution in [0.1, 0.15) is 41.7 Å². The summed E-state index contributed by atoms with van der Waals surface area (Å²) in [6.07, 6.45) is 6.40. The molecule has 0 radical (unpaired) electrons. The molecule has 0 atom stereocenters. The van der Waals surface area contributed by atoms with Crippen LogP contribution in [0.4, 0.5) is 5.13 Å². The van der Waals surface area contributed by atoms with Crippen molar-refractivity contribution in [3.8, 4) is 22.1 Å². The number of aliphatic hydroxyl groups is 1. The maximum Gasteiger partial charge on any atom is 0.295 e. The summed E-state index contributed by atoms with van der Waals surface area (Å²) in [5.41, 5.74) is 2.52. The third kappa shape index (κ3) is 5.84. The van der Waals surface area contributed by atoms with Crippen LogP contribution in [0.25, 0.3) is 11.1 Å². The van der Waals surface area contributed by atoms with E-state index in [0.29, 0.717) is 49.9 Å². The van der Waals surface area contributed by atoms with Crippen molar-refractivity contribution in [2.75, 3.05) is 19.0 Å². The molecule has 3 aromatic heterocycles. The fourth-order valence-corrected chi connectivity index (χ4v) is 4.67. The third-order valence-corrected chi connectivity index (χ3v) is 6.70. The summed E-state index contributed by atoms with van der Waals surface area (Å²) >= 11 is 4.55. The lowest BCUT2D eigenvalue weighted by Crippen LogP contribution is -2.22. The SMILES string of the molecule is COc1cnc(Br)cc1-c1cc(C)ncc1C(=O)Nc1nnc(OC[C@H]2CC[C@H](O)CC2)s1. The maximum atomic E-state index is 13.1. The predicted molar refractivity (Wildman–Crippen MR) is 128 cm³/mol. The normalized spacial score (nSPS) is 18.1. The number of hydrogen-bond donors (Lipinski definition) is 2. The topological polar surface area (TPSA) is 119 Å². The first kappa shape index (κ1) is 23.5. The lowest BCUT2D eigenvalue weighted by atomic mass is 9.88. The number of nitrogens with zero attached hydrogens (tertiary/aromatic N) is 4. The largest absolute Gasteiger partial charge is 0.494 e. The minimum Gasteiger partial charge on any atom is -0.494 e. The molecule has 0 unspecified atom stereocenters. The molecule has 11 heteroatoms. The quantitative estimate of drug-likeness (QED) is 0.432. The van der Waals surface area contributed by atoms with Crippen molar-refractivity contribution in [3.05, 3.63) is 40.4 Å². The van der Waals surface area contributed by atoms with Gasteiger partial charge in [-0.2, -0.15) is 0 Å². The van der Waals surface area contributed by atoms with Crippen LogP contribution in [0.2, 0.25) is 0 Å². The van der Waals surface area contributed by atoms with E-state index in [2.05, 4.69) is 41.4 Å². The Hall–Kier alpha value is -2.63. The van der Waals surface area contributed by atoms with Crippen LogP contribution < -0.4 is 14.8 Å². The first-order chi connectivity index (χ1) is 15.9. The molecule has 0 spiro atoms. The number of aryl methyl sites for hydroxylation is 1. The lowest BCUT2D eigenvalue weighted by Gasteiger charge is -2.24. The van der Waals surface area contributed by atoms with Gasteiger partial charge in [-0.15, -0.1) is 5.10 Å². The summed E-state index contributed by atoms with van der Waals surface area (Å²) in [5, 5.41) is 21.2. The number of halogens is 1. The molecule has 1 aliphatic carbocycles. The second-order valence-electron chi connectivity index (χ2n) is 7.89. The van der Waals surface area contributed by atoms with E-state index < -0.39 is 0 Å². The van der Waals surface area contributed by atoms with Gasteiger partial charge in [-0.1, -0.05) is 5.10 Å². The number of ether oxygens (including phenoxy) is 2. The van der Waals surface area contributed by atoms with Crippen molar-refractivity contribution >= 4 is 38.3 Å². The molecule has 3 aromatic rings. The van der Waals surface area contributed by atoms with Crippen molar-refractivity contribution in [2.24, 2.45) is 5.92 Å². The molecule has 1 fully saturated rings. The monoisotopic (exact) mass is 533 g/mol. The van der Waals surface area contributed by atoms with Crippen LogP contribution >= 0.6 is 27.3 Å². The number of carbonyl (C=O) groups excluding carboxylic acids is 1. The van der Waals surface area contributed by atoms with Crippen LogP contribution in [-0.2, 0) is 0 Å². The number of aromatic nitrogens is 4. The summed E-state index contributed by atoms with van der Waals surface area (Å²) in [5.74, 6) is 0.572. The Balaban J connectivity index is 1.48. The number of carbonyl (C=O) groups is 1. The van der Waals surface area contributed by atoms with Gasteiger partial charge < -0.3 is 14.6 Å². The van der Waals surface area contributed by atoms with Gasteiger partial charge in [0.25, 0.3) is 11.1 Å². The highest BCUT2D eigenvalue weighted by molar-refractivity contribution is 9.10.